The fourth-order valence-electron chi connectivity index (χ4n) is 0.942. The Kier molecular flexibility index (Phi) is 2.13. The van der Waals surface area contributed by atoms with E-state index in [4.69, 9.17) is 0 Å². The van der Waals surface area contributed by atoms with Crippen molar-refractivity contribution in [1.29, 1.82) is 0 Å². The van der Waals surface area contributed by atoms with Crippen molar-refractivity contribution in [3.63, 3.8) is 0 Å². The predicted octanol–water partition coefficient (Wildman–Crippen LogP) is 1.44. The van der Waals surface area contributed by atoms with Crippen molar-refractivity contribution in [1.82, 2.24) is 10.1 Å². The quantitative estimate of drug-likeness (QED) is 0.820. The van der Waals surface area contributed by atoms with Gasteiger partial charge >= 0.3 is 12.2 Å². The number of hydrogen-bond acceptors (Lipinski definition) is 4. The van der Waals surface area contributed by atoms with Crippen molar-refractivity contribution >= 4 is 11.9 Å². The molecular formula is C7H6F3N3O2. The lowest BCUT2D eigenvalue weighted by molar-refractivity contribution is -0.146. The number of aromatic nitrogens is 2. The highest BCUT2D eigenvalue weighted by Crippen LogP contribution is 2.31. The summed E-state index contributed by atoms with van der Waals surface area (Å²) in [6, 6.07) is -0.515. The van der Waals surface area contributed by atoms with Gasteiger partial charge in [-0.3, -0.25) is 10.1 Å². The van der Waals surface area contributed by atoms with Crippen molar-refractivity contribution in [2.24, 2.45) is 5.92 Å². The van der Waals surface area contributed by atoms with E-state index in [1.165, 1.54) is 0 Å². The maximum atomic E-state index is 12.0. The molecule has 1 aliphatic rings. The molecule has 0 aromatic carbocycles. The highest BCUT2D eigenvalue weighted by Gasteiger charge is 2.38. The molecule has 0 aliphatic heterocycles. The number of nitrogens with zero attached hydrogens (tertiary/aromatic N) is 2. The maximum absolute atomic E-state index is 12.0. The van der Waals surface area contributed by atoms with Gasteiger partial charge in [0.25, 0.3) is 5.82 Å². The van der Waals surface area contributed by atoms with Crippen molar-refractivity contribution in [3.05, 3.63) is 5.82 Å². The number of carbonyl (C=O) groups is 1. The van der Waals surface area contributed by atoms with Gasteiger partial charge in [0.05, 0.1) is 0 Å². The Morgan fingerprint density at radius 1 is 1.47 bits per heavy atom. The molecule has 0 atom stereocenters. The first-order valence-electron chi connectivity index (χ1n) is 4.18. The molecule has 0 unspecified atom stereocenters. The Balaban J connectivity index is 2.03. The summed E-state index contributed by atoms with van der Waals surface area (Å²) in [6.07, 6.45) is -3.18. The number of alkyl halides is 3. The number of anilines is 1. The Labute approximate surface area is 81.6 Å². The van der Waals surface area contributed by atoms with Gasteiger partial charge in [-0.15, -0.1) is 0 Å². The van der Waals surface area contributed by atoms with E-state index < -0.39 is 18.0 Å². The Morgan fingerprint density at radius 3 is 2.60 bits per heavy atom. The third-order valence-corrected chi connectivity index (χ3v) is 1.86. The first kappa shape index (κ1) is 9.94. The fraction of sp³-hybridized carbons (Fsp3) is 0.571. The van der Waals surface area contributed by atoms with E-state index in [1.54, 1.807) is 0 Å². The summed E-state index contributed by atoms with van der Waals surface area (Å²) >= 11 is 0. The molecule has 0 spiro atoms. The smallest absolute Gasteiger partial charge is 0.315 e. The van der Waals surface area contributed by atoms with Crippen LogP contribution in [0.4, 0.5) is 19.2 Å². The largest absolute Gasteiger partial charge is 0.455 e. The molecule has 0 radical (unpaired) electrons. The van der Waals surface area contributed by atoms with Crippen LogP contribution in [0.15, 0.2) is 4.52 Å². The minimum atomic E-state index is -4.66. The average Bonchev–Trinajstić information content (AvgIpc) is 2.86. The number of hydrogen-bond donors (Lipinski definition) is 1. The van der Waals surface area contributed by atoms with Gasteiger partial charge < -0.3 is 4.52 Å². The zero-order chi connectivity index (χ0) is 11.1. The summed E-state index contributed by atoms with van der Waals surface area (Å²) < 4.78 is 40.3. The standard InChI is InChI=1S/C7H6F3N3O2/c8-7(9,10)5-12-6(15-13-5)11-4(14)3-1-2-3/h3H,1-2H2,(H,11,12,13,14). The SMILES string of the molecule is O=C(Nc1nc(C(F)(F)F)no1)C1CC1. The molecule has 1 amide bonds. The van der Waals surface area contributed by atoms with Crippen LogP contribution in [0.5, 0.6) is 0 Å². The molecule has 82 valence electrons. The highest BCUT2D eigenvalue weighted by atomic mass is 19.4. The van der Waals surface area contributed by atoms with E-state index in [-0.39, 0.29) is 11.8 Å². The van der Waals surface area contributed by atoms with Crippen LogP contribution < -0.4 is 5.32 Å². The van der Waals surface area contributed by atoms with Gasteiger partial charge in [-0.25, -0.2) is 0 Å². The molecule has 2 rings (SSSR count). The Bertz CT molecular complexity index is 383. The highest BCUT2D eigenvalue weighted by molar-refractivity contribution is 5.92. The fourth-order valence-corrected chi connectivity index (χ4v) is 0.942. The van der Waals surface area contributed by atoms with Crippen LogP contribution in [-0.4, -0.2) is 16.0 Å². The van der Waals surface area contributed by atoms with Crippen LogP contribution in [0.1, 0.15) is 18.7 Å². The van der Waals surface area contributed by atoms with Gasteiger partial charge in [0.1, 0.15) is 0 Å². The summed E-state index contributed by atoms with van der Waals surface area (Å²) in [5.41, 5.74) is 0. The molecule has 1 N–H and O–H groups in total. The van der Waals surface area contributed by atoms with E-state index in [2.05, 4.69) is 20.0 Å². The van der Waals surface area contributed by atoms with Gasteiger partial charge in [-0.2, -0.15) is 18.2 Å². The van der Waals surface area contributed by atoms with Crippen molar-refractivity contribution in [2.75, 3.05) is 5.32 Å². The van der Waals surface area contributed by atoms with Gasteiger partial charge in [0, 0.05) is 5.92 Å². The van der Waals surface area contributed by atoms with E-state index in [9.17, 15) is 18.0 Å². The number of nitrogens with one attached hydrogen (secondary N) is 1. The van der Waals surface area contributed by atoms with Crippen LogP contribution in [0.3, 0.4) is 0 Å². The van der Waals surface area contributed by atoms with Crippen molar-refractivity contribution in [2.45, 2.75) is 19.0 Å². The lowest BCUT2D eigenvalue weighted by atomic mass is 10.4. The van der Waals surface area contributed by atoms with Crippen LogP contribution in [-0.2, 0) is 11.0 Å². The van der Waals surface area contributed by atoms with E-state index >= 15 is 0 Å². The van der Waals surface area contributed by atoms with Crippen LogP contribution in [0.2, 0.25) is 0 Å². The second-order valence-electron chi connectivity index (χ2n) is 3.18. The monoisotopic (exact) mass is 221 g/mol. The van der Waals surface area contributed by atoms with Gasteiger partial charge in [-0.05, 0) is 18.0 Å². The first-order valence-corrected chi connectivity index (χ1v) is 4.18. The summed E-state index contributed by atoms with van der Waals surface area (Å²) in [5, 5.41) is 4.81. The second kappa shape index (κ2) is 3.21. The Hall–Kier alpha value is -1.60. The molecule has 0 bridgehead atoms. The van der Waals surface area contributed by atoms with E-state index in [1.807, 2.05) is 0 Å². The van der Waals surface area contributed by atoms with Crippen molar-refractivity contribution in [3.8, 4) is 0 Å². The lowest BCUT2D eigenvalue weighted by Gasteiger charge is -1.97. The molecule has 1 saturated carbocycles. The van der Waals surface area contributed by atoms with Crippen LogP contribution in [0.25, 0.3) is 0 Å². The predicted molar refractivity (Wildman–Crippen MR) is 40.7 cm³/mol. The average molecular weight is 221 g/mol. The molecule has 1 aromatic rings. The summed E-state index contributed by atoms with van der Waals surface area (Å²) in [6.45, 7) is 0. The molecule has 0 saturated heterocycles. The normalized spacial score (nSPS) is 16.5. The molecule has 8 heteroatoms. The molecule has 1 heterocycles. The van der Waals surface area contributed by atoms with Gasteiger partial charge in [-0.1, -0.05) is 0 Å². The Morgan fingerprint density at radius 2 is 2.13 bits per heavy atom. The molecule has 1 aliphatic carbocycles. The minimum Gasteiger partial charge on any atom is -0.315 e. The summed E-state index contributed by atoms with van der Waals surface area (Å²) in [4.78, 5) is 14.1. The lowest BCUT2D eigenvalue weighted by Crippen LogP contribution is -2.14. The zero-order valence-corrected chi connectivity index (χ0v) is 7.34. The molecule has 5 nitrogen and oxygen atoms in total. The topological polar surface area (TPSA) is 68.0 Å². The van der Waals surface area contributed by atoms with E-state index in [0.717, 1.165) is 12.8 Å². The second-order valence-corrected chi connectivity index (χ2v) is 3.18. The number of amides is 1. The molecule has 1 aromatic heterocycles. The summed E-state index contributed by atoms with van der Waals surface area (Å²) in [5.74, 6) is -1.91. The number of carbonyl (C=O) groups excluding carboxylic acids is 1. The van der Waals surface area contributed by atoms with E-state index in [0.29, 0.717) is 0 Å². The zero-order valence-electron chi connectivity index (χ0n) is 7.34. The number of rotatable bonds is 2. The first-order chi connectivity index (χ1) is 6.97. The third kappa shape index (κ3) is 2.25. The van der Waals surface area contributed by atoms with Gasteiger partial charge in [0.2, 0.25) is 5.91 Å². The minimum absolute atomic E-state index is 0.133. The third-order valence-electron chi connectivity index (χ3n) is 1.86. The molecular weight excluding hydrogens is 215 g/mol. The number of halogens is 3. The van der Waals surface area contributed by atoms with Crippen LogP contribution >= 0.6 is 0 Å². The van der Waals surface area contributed by atoms with Gasteiger partial charge in [0.15, 0.2) is 0 Å². The summed E-state index contributed by atoms with van der Waals surface area (Å²) in [7, 11) is 0. The van der Waals surface area contributed by atoms with Crippen molar-refractivity contribution < 1.29 is 22.5 Å². The molecule has 1 fully saturated rings. The maximum Gasteiger partial charge on any atom is 0.455 e. The molecule has 15 heavy (non-hydrogen) atoms. The van der Waals surface area contributed by atoms with Crippen LogP contribution in [0, 0.1) is 5.92 Å².